The number of terminal acetylenes is 1. The summed E-state index contributed by atoms with van der Waals surface area (Å²) in [5.41, 5.74) is 0. The molecular formula is C53H65BrO23. The van der Waals surface area contributed by atoms with Gasteiger partial charge in [0.1, 0.15) is 114 Å². The molecular weight excluding hydrogens is 1080 g/mol. The lowest BCUT2D eigenvalue weighted by molar-refractivity contribution is -0.301. The highest BCUT2D eigenvalue weighted by Crippen LogP contribution is 2.35. The van der Waals surface area contributed by atoms with Crippen molar-refractivity contribution in [1.29, 1.82) is 0 Å². The Morgan fingerprint density at radius 1 is 0.506 bits per heavy atom. The largest absolute Gasteiger partial charge is 0.458 e. The van der Waals surface area contributed by atoms with Crippen LogP contribution in [0, 0.1) is 124 Å². The predicted octanol–water partition coefficient (Wildman–Crippen LogP) is -2.11. The van der Waals surface area contributed by atoms with Gasteiger partial charge in [0.25, 0.3) is 0 Å². The number of ether oxygens (including phenoxy) is 17. The summed E-state index contributed by atoms with van der Waals surface area (Å²) < 4.78 is 95.8. The summed E-state index contributed by atoms with van der Waals surface area (Å²) in [5, 5.41) is 53.5. The van der Waals surface area contributed by atoms with Gasteiger partial charge in [-0.15, -0.1) is 6.42 Å². The highest BCUT2D eigenvalue weighted by atomic mass is 79.9. The van der Waals surface area contributed by atoms with Gasteiger partial charge in [-0.25, -0.2) is 0 Å². The second kappa shape index (κ2) is 36.0. The van der Waals surface area contributed by atoms with Crippen LogP contribution in [0.15, 0.2) is 0 Å². The molecule has 23 nitrogen and oxygen atoms in total. The number of carbonyl (C=O) groups excluding carboxylic acids is 1. The van der Waals surface area contributed by atoms with Crippen LogP contribution in [-0.2, 0) is 85.3 Å². The molecule has 4 rings (SSSR count). The van der Waals surface area contributed by atoms with Gasteiger partial charge in [-0.1, -0.05) is 47.4 Å². The highest BCUT2D eigenvalue weighted by molar-refractivity contribution is 9.12. The smallest absolute Gasteiger partial charge is 0.303 e. The third-order valence-corrected chi connectivity index (χ3v) is 11.9. The fourth-order valence-electron chi connectivity index (χ4n) is 8.29. The van der Waals surface area contributed by atoms with E-state index < -0.39 is 134 Å². The molecule has 4 saturated heterocycles. The van der Waals surface area contributed by atoms with Crippen molar-refractivity contribution < 1.29 is 111 Å². The van der Waals surface area contributed by atoms with E-state index in [1.54, 1.807) is 0 Å². The minimum atomic E-state index is -1.61. The van der Waals surface area contributed by atoms with Crippen molar-refractivity contribution in [2.45, 2.75) is 98.9 Å². The second-order valence-electron chi connectivity index (χ2n) is 16.8. The van der Waals surface area contributed by atoms with E-state index in [2.05, 4.69) is 104 Å². The van der Waals surface area contributed by atoms with Crippen LogP contribution in [0.3, 0.4) is 0 Å². The van der Waals surface area contributed by atoms with E-state index in [-0.39, 0.29) is 54.0 Å². The molecule has 20 atom stereocenters. The number of halogens is 1. The first kappa shape index (κ1) is 65.1. The summed E-state index contributed by atoms with van der Waals surface area (Å²) in [6.45, 7) is -0.419. The number of rotatable bonds is 22. The molecule has 77 heavy (non-hydrogen) atoms. The monoisotopic (exact) mass is 1150 g/mol. The number of carbonyl (C=O) groups is 1. The van der Waals surface area contributed by atoms with E-state index >= 15 is 0 Å². The highest BCUT2D eigenvalue weighted by Gasteiger charge is 2.50. The van der Waals surface area contributed by atoms with Crippen LogP contribution in [0.5, 0.6) is 0 Å². The molecule has 0 aromatic rings. The average molecular weight is 1150 g/mol. The van der Waals surface area contributed by atoms with Crippen LogP contribution in [0.4, 0.5) is 0 Å². The zero-order valence-electron chi connectivity index (χ0n) is 43.5. The van der Waals surface area contributed by atoms with Crippen molar-refractivity contribution in [2.24, 2.45) is 29.6 Å². The van der Waals surface area contributed by atoms with E-state index in [1.807, 2.05) is 0 Å². The Morgan fingerprint density at radius 2 is 1.01 bits per heavy atom. The summed E-state index contributed by atoms with van der Waals surface area (Å²) in [4.78, 5) is 15.1. The van der Waals surface area contributed by atoms with Crippen molar-refractivity contribution in [1.82, 2.24) is 0 Å². The predicted molar refractivity (Wildman–Crippen MR) is 266 cm³/mol. The summed E-state index contributed by atoms with van der Waals surface area (Å²) in [7, 11) is 8.65. The Balaban J connectivity index is 1.66. The minimum absolute atomic E-state index is 0.00985. The van der Waals surface area contributed by atoms with Gasteiger partial charge < -0.3 is 106 Å². The molecule has 0 aromatic carbocycles. The first-order valence-corrected chi connectivity index (χ1v) is 24.5. The van der Waals surface area contributed by atoms with Gasteiger partial charge in [-0.05, 0) is 40.4 Å². The van der Waals surface area contributed by atoms with Crippen molar-refractivity contribution in [3.05, 3.63) is 0 Å². The average Bonchev–Trinajstić information content (AvgIpc) is 3.42. The van der Waals surface area contributed by atoms with E-state index in [0.29, 0.717) is 0 Å². The zero-order chi connectivity index (χ0) is 56.1. The first-order chi connectivity index (χ1) is 37.4. The van der Waals surface area contributed by atoms with Gasteiger partial charge >= 0.3 is 5.97 Å². The number of esters is 1. The van der Waals surface area contributed by atoms with Gasteiger partial charge in [-0.2, -0.15) is 0 Å². The van der Waals surface area contributed by atoms with Crippen LogP contribution in [-0.4, -0.2) is 227 Å². The minimum Gasteiger partial charge on any atom is -0.458 e. The standard InChI is InChI=1S/C53H65BrO23/c1-9-39-46(58)45(57)36(52(60)76-39)18-12-15-20-41-48(69-29-63-5)38(25-67-27-61-3)34(44(75-41)26-68-28-62-4)16-10-13-19-40-47(59)49(73-33(2)56)35(43(24-55)74-40)17-11-14-21-42-51(71-31-65-7)50(70-30-64-6)37(22-23-54)53(77-42)72-32-66-8/h1,34-53,55,57-60H,24-32H2,2-8H3/t34?,35-,36?,37+,38+,39-,40?,41-,42?,43-,44-,45+,46+,47+,48-,49+,50+,51+,52+,53+/m1/s1. The van der Waals surface area contributed by atoms with Gasteiger partial charge in [0, 0.05) is 71.4 Å². The van der Waals surface area contributed by atoms with Gasteiger partial charge in [0.05, 0.1) is 43.9 Å². The molecule has 24 heteroatoms. The summed E-state index contributed by atoms with van der Waals surface area (Å²) in [6, 6.07) is 0. The number of aliphatic hydroxyl groups excluding tert-OH is 5. The molecule has 4 aliphatic rings. The molecule has 0 saturated carbocycles. The van der Waals surface area contributed by atoms with Crippen LogP contribution in [0.25, 0.3) is 0 Å². The summed E-state index contributed by atoms with van der Waals surface area (Å²) in [5.74, 6) is 33.3. The Labute approximate surface area is 457 Å². The lowest BCUT2D eigenvalue weighted by atomic mass is 9.79. The molecule has 4 unspecified atom stereocenters. The number of aliphatic hydroxyl groups is 5. The maximum absolute atomic E-state index is 12.5. The van der Waals surface area contributed by atoms with Crippen molar-refractivity contribution in [2.75, 3.05) is 103 Å². The van der Waals surface area contributed by atoms with Crippen molar-refractivity contribution >= 4 is 21.9 Å². The molecule has 0 amide bonds. The van der Waals surface area contributed by atoms with Gasteiger partial charge in [-0.3, -0.25) is 4.79 Å². The SMILES string of the molecule is C#C[C@H]1O[C@H](O)C(C#CC#C[C@H]2O[C@H](COCOC)C(C#CC#CC3O[C@H](CO)[C@@H](C#CC#CC4O[C@H](OCOC)[C@@H](C#CBr)[C@H](OCOC)[C@H]4OCOC)[C@H](OC(C)=O)[C@H]3O)[C@H](COCOC)[C@H]2OCOC)[C@H](O)[C@H]1O. The Bertz CT molecular complexity index is 2320. The van der Waals surface area contributed by atoms with Gasteiger partial charge in [0.15, 0.2) is 18.7 Å². The maximum atomic E-state index is 12.5. The van der Waals surface area contributed by atoms with Crippen LogP contribution in [0.2, 0.25) is 0 Å². The topological polar surface area (TPSA) is 275 Å². The van der Waals surface area contributed by atoms with E-state index in [9.17, 15) is 30.3 Å². The first-order valence-electron chi connectivity index (χ1n) is 23.7. The number of hydrogen-bond acceptors (Lipinski definition) is 23. The van der Waals surface area contributed by atoms with E-state index in [1.165, 1.54) is 42.7 Å². The Hall–Kier alpha value is -4.41. The molecule has 0 spiro atoms. The lowest BCUT2D eigenvalue weighted by Gasteiger charge is -2.43. The zero-order valence-corrected chi connectivity index (χ0v) is 45.0. The Kier molecular flexibility index (Phi) is 30.4. The second-order valence-corrected chi connectivity index (χ2v) is 17.2. The van der Waals surface area contributed by atoms with Crippen LogP contribution in [0.1, 0.15) is 6.92 Å². The summed E-state index contributed by atoms with van der Waals surface area (Å²) >= 11 is 3.13. The number of hydrogen-bond donors (Lipinski definition) is 5. The molecule has 5 N–H and O–H groups in total. The summed E-state index contributed by atoms with van der Waals surface area (Å²) in [6.07, 6.45) is -12.5. The van der Waals surface area contributed by atoms with Crippen LogP contribution < -0.4 is 0 Å². The third kappa shape index (κ3) is 19.4. The quantitative estimate of drug-likeness (QED) is 0.0336. The maximum Gasteiger partial charge on any atom is 0.303 e. The fourth-order valence-corrected chi connectivity index (χ4v) is 8.55. The molecule has 4 fully saturated rings. The molecule has 422 valence electrons. The molecule has 4 aliphatic heterocycles. The number of methoxy groups -OCH3 is 6. The fraction of sp³-hybridized carbons (Fsp3) is 0.679. The van der Waals surface area contributed by atoms with Crippen LogP contribution >= 0.6 is 15.9 Å². The Morgan fingerprint density at radius 3 is 1.58 bits per heavy atom. The molecule has 0 radical (unpaired) electrons. The van der Waals surface area contributed by atoms with E-state index in [4.69, 9.17) is 87.0 Å². The molecule has 0 bridgehead atoms. The van der Waals surface area contributed by atoms with E-state index in [0.717, 1.165) is 6.92 Å². The normalized spacial score (nSPS) is 34.2. The molecule has 0 aromatic heterocycles. The van der Waals surface area contributed by atoms with Crippen molar-refractivity contribution in [3.8, 4) is 94.1 Å². The van der Waals surface area contributed by atoms with Gasteiger partial charge in [0.2, 0.25) is 0 Å². The lowest BCUT2D eigenvalue weighted by Crippen LogP contribution is -2.56. The molecule has 0 aliphatic carbocycles. The molecule has 4 heterocycles. The third-order valence-electron chi connectivity index (χ3n) is 11.7. The van der Waals surface area contributed by atoms with Crippen molar-refractivity contribution in [3.63, 3.8) is 0 Å².